The molecule has 0 saturated carbocycles. The van der Waals surface area contributed by atoms with Crippen molar-refractivity contribution in [3.63, 3.8) is 0 Å². The quantitative estimate of drug-likeness (QED) is 0.919. The Morgan fingerprint density at radius 3 is 2.70 bits per heavy atom. The molecule has 2 atom stereocenters. The number of nitrogens with two attached hydrogens (primary N) is 1. The molecule has 4 heteroatoms. The molecule has 0 aliphatic carbocycles. The minimum absolute atomic E-state index is 0.153. The standard InChI is InChI=1S/C16H26N2O2/c1-4-18-10-6-5-7-14(17)16(18)13-9-8-12(19-2)11-15(13)20-3/h8-9,11,14,16H,4-7,10,17H2,1-3H3. The summed E-state index contributed by atoms with van der Waals surface area (Å²) in [4.78, 5) is 2.46. The van der Waals surface area contributed by atoms with E-state index in [0.29, 0.717) is 0 Å². The molecule has 20 heavy (non-hydrogen) atoms. The number of benzene rings is 1. The van der Waals surface area contributed by atoms with Gasteiger partial charge >= 0.3 is 0 Å². The minimum atomic E-state index is 0.153. The maximum Gasteiger partial charge on any atom is 0.127 e. The molecule has 1 fully saturated rings. The second-order valence-electron chi connectivity index (χ2n) is 5.34. The van der Waals surface area contributed by atoms with Crippen molar-refractivity contribution in [3.05, 3.63) is 23.8 Å². The molecule has 1 heterocycles. The number of nitrogens with zero attached hydrogens (tertiary/aromatic N) is 1. The first-order valence-corrected chi connectivity index (χ1v) is 7.42. The molecule has 2 unspecified atom stereocenters. The van der Waals surface area contributed by atoms with Crippen molar-refractivity contribution >= 4 is 0 Å². The van der Waals surface area contributed by atoms with Crippen molar-refractivity contribution in [2.24, 2.45) is 5.73 Å². The third-order valence-electron chi connectivity index (χ3n) is 4.20. The second kappa shape index (κ2) is 6.95. The van der Waals surface area contributed by atoms with E-state index in [0.717, 1.165) is 31.0 Å². The Morgan fingerprint density at radius 1 is 1.25 bits per heavy atom. The third-order valence-corrected chi connectivity index (χ3v) is 4.20. The van der Waals surface area contributed by atoms with E-state index in [1.165, 1.54) is 18.4 Å². The van der Waals surface area contributed by atoms with Gasteiger partial charge in [-0.3, -0.25) is 4.90 Å². The lowest BCUT2D eigenvalue weighted by Crippen LogP contribution is -2.39. The summed E-state index contributed by atoms with van der Waals surface area (Å²) >= 11 is 0. The van der Waals surface area contributed by atoms with E-state index in [4.69, 9.17) is 15.2 Å². The van der Waals surface area contributed by atoms with Gasteiger partial charge in [0.2, 0.25) is 0 Å². The first-order chi connectivity index (χ1) is 9.71. The Hall–Kier alpha value is -1.26. The van der Waals surface area contributed by atoms with Crippen molar-refractivity contribution < 1.29 is 9.47 Å². The van der Waals surface area contributed by atoms with Crippen molar-refractivity contribution in [3.8, 4) is 11.5 Å². The van der Waals surface area contributed by atoms with Crippen molar-refractivity contribution in [2.45, 2.75) is 38.3 Å². The maximum atomic E-state index is 6.44. The molecule has 2 rings (SSSR count). The lowest BCUT2D eigenvalue weighted by Gasteiger charge is -2.33. The highest BCUT2D eigenvalue weighted by molar-refractivity contribution is 5.43. The van der Waals surface area contributed by atoms with Crippen molar-refractivity contribution in [1.82, 2.24) is 4.90 Å². The second-order valence-corrected chi connectivity index (χ2v) is 5.34. The van der Waals surface area contributed by atoms with E-state index in [1.807, 2.05) is 12.1 Å². The minimum Gasteiger partial charge on any atom is -0.497 e. The van der Waals surface area contributed by atoms with Crippen LogP contribution in [0.4, 0.5) is 0 Å². The van der Waals surface area contributed by atoms with E-state index in [9.17, 15) is 0 Å². The van der Waals surface area contributed by atoms with Gasteiger partial charge in [-0.2, -0.15) is 0 Å². The Balaban J connectivity index is 2.39. The summed E-state index contributed by atoms with van der Waals surface area (Å²) in [5, 5.41) is 0. The van der Waals surface area contributed by atoms with Crippen LogP contribution in [0.5, 0.6) is 11.5 Å². The van der Waals surface area contributed by atoms with Gasteiger partial charge in [0.05, 0.1) is 20.3 Å². The van der Waals surface area contributed by atoms with Crippen LogP contribution in [0.15, 0.2) is 18.2 Å². The fourth-order valence-electron chi connectivity index (χ4n) is 3.11. The smallest absolute Gasteiger partial charge is 0.127 e. The molecule has 0 bridgehead atoms. The van der Waals surface area contributed by atoms with Gasteiger partial charge in [0.15, 0.2) is 0 Å². The number of methoxy groups -OCH3 is 2. The molecule has 1 aromatic carbocycles. The summed E-state index contributed by atoms with van der Waals surface area (Å²) in [6.07, 6.45) is 3.49. The highest BCUT2D eigenvalue weighted by atomic mass is 16.5. The number of rotatable bonds is 4. The van der Waals surface area contributed by atoms with Gasteiger partial charge in [0.25, 0.3) is 0 Å². The number of hydrogen-bond donors (Lipinski definition) is 1. The van der Waals surface area contributed by atoms with Gasteiger partial charge in [-0.1, -0.05) is 19.4 Å². The molecule has 0 amide bonds. The van der Waals surface area contributed by atoms with Crippen LogP contribution < -0.4 is 15.2 Å². The zero-order chi connectivity index (χ0) is 14.5. The van der Waals surface area contributed by atoms with Gasteiger partial charge in [0.1, 0.15) is 11.5 Å². The molecule has 1 saturated heterocycles. The van der Waals surface area contributed by atoms with E-state index in [1.54, 1.807) is 14.2 Å². The average molecular weight is 278 g/mol. The topological polar surface area (TPSA) is 47.7 Å². The predicted molar refractivity (Wildman–Crippen MR) is 81.4 cm³/mol. The Labute approximate surface area is 121 Å². The fourth-order valence-corrected chi connectivity index (χ4v) is 3.11. The monoisotopic (exact) mass is 278 g/mol. The van der Waals surface area contributed by atoms with Crippen molar-refractivity contribution in [1.29, 1.82) is 0 Å². The lowest BCUT2D eigenvalue weighted by atomic mass is 9.95. The summed E-state index contributed by atoms with van der Waals surface area (Å²) in [5.74, 6) is 1.68. The first-order valence-electron chi connectivity index (χ1n) is 7.42. The molecule has 112 valence electrons. The zero-order valence-electron chi connectivity index (χ0n) is 12.8. The van der Waals surface area contributed by atoms with Crippen LogP contribution in [-0.2, 0) is 0 Å². The highest BCUT2D eigenvalue weighted by Gasteiger charge is 2.30. The maximum absolute atomic E-state index is 6.44. The summed E-state index contributed by atoms with van der Waals surface area (Å²) in [6.45, 7) is 4.30. The summed E-state index contributed by atoms with van der Waals surface area (Å²) in [5.41, 5.74) is 7.61. The molecule has 1 aliphatic heterocycles. The van der Waals surface area contributed by atoms with E-state index in [-0.39, 0.29) is 12.1 Å². The Morgan fingerprint density at radius 2 is 2.05 bits per heavy atom. The average Bonchev–Trinajstić information content (AvgIpc) is 2.67. The molecule has 2 N–H and O–H groups in total. The first kappa shape index (κ1) is 15.1. The predicted octanol–water partition coefficient (Wildman–Crippen LogP) is 2.58. The van der Waals surface area contributed by atoms with Crippen LogP contribution >= 0.6 is 0 Å². The Kier molecular flexibility index (Phi) is 5.26. The number of hydrogen-bond acceptors (Lipinski definition) is 4. The molecular weight excluding hydrogens is 252 g/mol. The van der Waals surface area contributed by atoms with Crippen LogP contribution in [0.3, 0.4) is 0 Å². The van der Waals surface area contributed by atoms with Gasteiger partial charge in [-0.25, -0.2) is 0 Å². The van der Waals surface area contributed by atoms with Crippen LogP contribution in [0, 0.1) is 0 Å². The van der Waals surface area contributed by atoms with Crippen LogP contribution in [0.1, 0.15) is 37.8 Å². The van der Waals surface area contributed by atoms with E-state index < -0.39 is 0 Å². The number of likely N-dealkylation sites (tertiary alicyclic amines) is 1. The molecule has 0 aromatic heterocycles. The summed E-state index contributed by atoms with van der Waals surface area (Å²) in [7, 11) is 3.38. The van der Waals surface area contributed by atoms with Crippen molar-refractivity contribution in [2.75, 3.05) is 27.3 Å². The molecule has 0 spiro atoms. The van der Waals surface area contributed by atoms with Gasteiger partial charge in [0, 0.05) is 17.7 Å². The molecule has 0 radical (unpaired) electrons. The summed E-state index contributed by atoms with van der Waals surface area (Å²) in [6, 6.07) is 6.41. The Bertz CT molecular complexity index is 436. The van der Waals surface area contributed by atoms with Gasteiger partial charge in [-0.05, 0) is 32.0 Å². The van der Waals surface area contributed by atoms with Gasteiger partial charge < -0.3 is 15.2 Å². The van der Waals surface area contributed by atoms with Crippen LogP contribution in [0.25, 0.3) is 0 Å². The number of likely N-dealkylation sites (N-methyl/N-ethyl adjacent to an activating group) is 1. The SMILES string of the molecule is CCN1CCCCC(N)C1c1ccc(OC)cc1OC. The van der Waals surface area contributed by atoms with Crippen LogP contribution in [0.2, 0.25) is 0 Å². The van der Waals surface area contributed by atoms with E-state index >= 15 is 0 Å². The fraction of sp³-hybridized carbons (Fsp3) is 0.625. The third kappa shape index (κ3) is 3.07. The zero-order valence-corrected chi connectivity index (χ0v) is 12.8. The number of ether oxygens (including phenoxy) is 2. The molecule has 1 aromatic rings. The molecule has 4 nitrogen and oxygen atoms in total. The highest BCUT2D eigenvalue weighted by Crippen LogP contribution is 2.36. The molecular formula is C16H26N2O2. The van der Waals surface area contributed by atoms with Gasteiger partial charge in [-0.15, -0.1) is 0 Å². The molecule has 1 aliphatic rings. The normalized spacial score (nSPS) is 24.2. The summed E-state index contributed by atoms with van der Waals surface area (Å²) < 4.78 is 10.8. The lowest BCUT2D eigenvalue weighted by molar-refractivity contribution is 0.191. The van der Waals surface area contributed by atoms with E-state index in [2.05, 4.69) is 17.9 Å². The largest absolute Gasteiger partial charge is 0.497 e. The van der Waals surface area contributed by atoms with Crippen LogP contribution in [-0.4, -0.2) is 38.3 Å².